The van der Waals surface area contributed by atoms with E-state index in [0.29, 0.717) is 19.7 Å². The summed E-state index contributed by atoms with van der Waals surface area (Å²) in [6, 6.07) is -0.0413. The maximum atomic E-state index is 11.6. The summed E-state index contributed by atoms with van der Waals surface area (Å²) >= 11 is 0. The molecule has 0 spiro atoms. The minimum atomic E-state index is -0.0413. The average molecular weight is 214 g/mol. The Morgan fingerprint density at radius 1 is 1.60 bits per heavy atom. The highest BCUT2D eigenvalue weighted by molar-refractivity contribution is 5.74. The van der Waals surface area contributed by atoms with Gasteiger partial charge in [0.25, 0.3) is 0 Å². The van der Waals surface area contributed by atoms with Crippen LogP contribution in [0.25, 0.3) is 0 Å². The molecular weight excluding hydrogens is 192 g/mol. The molecule has 0 saturated heterocycles. The first kappa shape index (κ1) is 14.0. The van der Waals surface area contributed by atoms with Crippen LogP contribution >= 0.6 is 0 Å². The van der Waals surface area contributed by atoms with Crippen molar-refractivity contribution in [2.75, 3.05) is 33.4 Å². The van der Waals surface area contributed by atoms with E-state index < -0.39 is 0 Å². The Balaban J connectivity index is 3.86. The smallest absolute Gasteiger partial charge is 0.317 e. The molecule has 0 aliphatic heterocycles. The highest BCUT2D eigenvalue weighted by Gasteiger charge is 2.09. The minimum Gasteiger partial charge on any atom is -0.383 e. The van der Waals surface area contributed by atoms with Crippen molar-refractivity contribution in [2.45, 2.75) is 19.8 Å². The summed E-state index contributed by atoms with van der Waals surface area (Å²) < 4.78 is 4.94. The Morgan fingerprint density at radius 2 is 2.33 bits per heavy atom. The number of hydrogen-bond acceptors (Lipinski definition) is 2. The number of rotatable bonds is 8. The average Bonchev–Trinajstić information content (AvgIpc) is 2.24. The molecule has 4 heteroatoms. The van der Waals surface area contributed by atoms with Gasteiger partial charge < -0.3 is 15.0 Å². The number of carbonyl (C=O) groups excluding carboxylic acids is 1. The van der Waals surface area contributed by atoms with Gasteiger partial charge in [0.1, 0.15) is 0 Å². The topological polar surface area (TPSA) is 41.6 Å². The fourth-order valence-corrected chi connectivity index (χ4v) is 1.12. The van der Waals surface area contributed by atoms with E-state index in [1.807, 2.05) is 0 Å². The number of amides is 2. The van der Waals surface area contributed by atoms with E-state index in [-0.39, 0.29) is 6.03 Å². The van der Waals surface area contributed by atoms with Gasteiger partial charge in [-0.2, -0.15) is 0 Å². The predicted octanol–water partition coefficient (Wildman–Crippen LogP) is 1.63. The van der Waals surface area contributed by atoms with Crippen molar-refractivity contribution >= 4 is 6.03 Å². The molecule has 0 aliphatic rings. The van der Waals surface area contributed by atoms with Gasteiger partial charge >= 0.3 is 6.03 Å². The minimum absolute atomic E-state index is 0.0413. The molecule has 0 atom stereocenters. The second-order valence-electron chi connectivity index (χ2n) is 3.31. The fraction of sp³-hybridized carbons (Fsp3) is 0.727. The summed E-state index contributed by atoms with van der Waals surface area (Å²) in [7, 11) is 1.63. The van der Waals surface area contributed by atoms with Gasteiger partial charge in [-0.3, -0.25) is 0 Å². The van der Waals surface area contributed by atoms with E-state index in [9.17, 15) is 4.79 Å². The molecule has 0 rings (SSSR count). The van der Waals surface area contributed by atoms with Crippen LogP contribution in [-0.4, -0.2) is 44.3 Å². The standard InChI is InChI=1S/C11H22N2O2/c1-4-6-7-12-11(14)13(8-5-2)9-10-15-3/h5H,2,4,6-10H2,1,3H3,(H,12,14). The Morgan fingerprint density at radius 3 is 2.87 bits per heavy atom. The Hall–Kier alpha value is -1.03. The third kappa shape index (κ3) is 6.96. The van der Waals surface area contributed by atoms with Crippen LogP contribution in [0.5, 0.6) is 0 Å². The summed E-state index contributed by atoms with van der Waals surface area (Å²) in [5.74, 6) is 0. The first-order valence-electron chi connectivity index (χ1n) is 5.38. The summed E-state index contributed by atoms with van der Waals surface area (Å²) in [6.45, 7) is 8.16. The lowest BCUT2D eigenvalue weighted by atomic mass is 10.3. The molecular formula is C11H22N2O2. The zero-order valence-electron chi connectivity index (χ0n) is 9.79. The van der Waals surface area contributed by atoms with Crippen molar-refractivity contribution in [3.05, 3.63) is 12.7 Å². The maximum absolute atomic E-state index is 11.6. The molecule has 0 saturated carbocycles. The molecule has 0 unspecified atom stereocenters. The molecule has 0 heterocycles. The van der Waals surface area contributed by atoms with Crippen LogP contribution in [0.15, 0.2) is 12.7 Å². The Kier molecular flexibility index (Phi) is 8.87. The van der Waals surface area contributed by atoms with E-state index in [1.54, 1.807) is 18.1 Å². The normalized spacial score (nSPS) is 9.73. The number of carbonyl (C=O) groups is 1. The molecule has 0 aromatic rings. The monoisotopic (exact) mass is 214 g/mol. The van der Waals surface area contributed by atoms with Crippen LogP contribution in [0.2, 0.25) is 0 Å². The van der Waals surface area contributed by atoms with Gasteiger partial charge in [0, 0.05) is 26.7 Å². The Labute approximate surface area is 92.3 Å². The van der Waals surface area contributed by atoms with Crippen molar-refractivity contribution in [2.24, 2.45) is 0 Å². The second-order valence-corrected chi connectivity index (χ2v) is 3.31. The number of hydrogen-bond donors (Lipinski definition) is 1. The molecule has 15 heavy (non-hydrogen) atoms. The van der Waals surface area contributed by atoms with Gasteiger partial charge in [-0.25, -0.2) is 4.79 Å². The SMILES string of the molecule is C=CCN(CCOC)C(=O)NCCCC. The number of methoxy groups -OCH3 is 1. The number of nitrogens with one attached hydrogen (secondary N) is 1. The summed E-state index contributed by atoms with van der Waals surface area (Å²) in [6.07, 6.45) is 3.81. The summed E-state index contributed by atoms with van der Waals surface area (Å²) in [5, 5.41) is 2.86. The van der Waals surface area contributed by atoms with Crippen LogP contribution in [0.3, 0.4) is 0 Å². The highest BCUT2D eigenvalue weighted by atomic mass is 16.5. The molecule has 0 aliphatic carbocycles. The predicted molar refractivity (Wildman–Crippen MR) is 62.0 cm³/mol. The van der Waals surface area contributed by atoms with Crippen molar-refractivity contribution in [1.29, 1.82) is 0 Å². The van der Waals surface area contributed by atoms with Crippen LogP contribution in [0.4, 0.5) is 4.79 Å². The molecule has 0 aromatic heterocycles. The van der Waals surface area contributed by atoms with Crippen LogP contribution in [0, 0.1) is 0 Å². The van der Waals surface area contributed by atoms with E-state index in [1.165, 1.54) is 0 Å². The molecule has 0 aromatic carbocycles. The number of urea groups is 1. The van der Waals surface area contributed by atoms with Crippen molar-refractivity contribution in [1.82, 2.24) is 10.2 Å². The lowest BCUT2D eigenvalue weighted by Crippen LogP contribution is -2.42. The molecule has 0 radical (unpaired) electrons. The molecule has 4 nitrogen and oxygen atoms in total. The van der Waals surface area contributed by atoms with Crippen molar-refractivity contribution in [3.8, 4) is 0 Å². The zero-order chi connectivity index (χ0) is 11.5. The molecule has 0 bridgehead atoms. The largest absolute Gasteiger partial charge is 0.383 e. The number of unbranched alkanes of at least 4 members (excludes halogenated alkanes) is 1. The third-order valence-corrected chi connectivity index (χ3v) is 2.01. The Bertz CT molecular complexity index is 183. The van der Waals surface area contributed by atoms with Crippen LogP contribution in [0.1, 0.15) is 19.8 Å². The number of ether oxygens (including phenoxy) is 1. The fourth-order valence-electron chi connectivity index (χ4n) is 1.12. The first-order valence-corrected chi connectivity index (χ1v) is 5.38. The van der Waals surface area contributed by atoms with Gasteiger partial charge in [0.2, 0.25) is 0 Å². The third-order valence-electron chi connectivity index (χ3n) is 2.01. The molecule has 2 amide bonds. The summed E-state index contributed by atoms with van der Waals surface area (Å²) in [5.41, 5.74) is 0. The first-order chi connectivity index (χ1) is 7.26. The molecule has 88 valence electrons. The lowest BCUT2D eigenvalue weighted by molar-refractivity contribution is 0.154. The lowest BCUT2D eigenvalue weighted by Gasteiger charge is -2.21. The summed E-state index contributed by atoms with van der Waals surface area (Å²) in [4.78, 5) is 13.3. The van der Waals surface area contributed by atoms with E-state index in [0.717, 1.165) is 19.4 Å². The van der Waals surface area contributed by atoms with Crippen LogP contribution < -0.4 is 5.32 Å². The van der Waals surface area contributed by atoms with Crippen LogP contribution in [-0.2, 0) is 4.74 Å². The zero-order valence-corrected chi connectivity index (χ0v) is 9.79. The van der Waals surface area contributed by atoms with Gasteiger partial charge in [-0.05, 0) is 6.42 Å². The van der Waals surface area contributed by atoms with E-state index >= 15 is 0 Å². The van der Waals surface area contributed by atoms with E-state index in [4.69, 9.17) is 4.74 Å². The second kappa shape index (κ2) is 9.52. The van der Waals surface area contributed by atoms with Gasteiger partial charge in [0.15, 0.2) is 0 Å². The quantitative estimate of drug-likeness (QED) is 0.493. The van der Waals surface area contributed by atoms with E-state index in [2.05, 4.69) is 18.8 Å². The molecule has 0 fully saturated rings. The maximum Gasteiger partial charge on any atom is 0.317 e. The van der Waals surface area contributed by atoms with Gasteiger partial charge in [-0.15, -0.1) is 6.58 Å². The number of nitrogens with zero attached hydrogens (tertiary/aromatic N) is 1. The van der Waals surface area contributed by atoms with Gasteiger partial charge in [-0.1, -0.05) is 19.4 Å². The van der Waals surface area contributed by atoms with Gasteiger partial charge in [0.05, 0.1) is 6.61 Å². The molecule has 1 N–H and O–H groups in total. The highest BCUT2D eigenvalue weighted by Crippen LogP contribution is 1.92. The van der Waals surface area contributed by atoms with Crippen molar-refractivity contribution in [3.63, 3.8) is 0 Å². The van der Waals surface area contributed by atoms with Crippen molar-refractivity contribution < 1.29 is 9.53 Å².